The van der Waals surface area contributed by atoms with Crippen LogP contribution in [0.3, 0.4) is 0 Å². The first-order valence-electron chi connectivity index (χ1n) is 5.97. The summed E-state index contributed by atoms with van der Waals surface area (Å²) in [7, 11) is 0. The maximum atomic E-state index is 12.5. The number of thiazole rings is 1. The molecule has 0 amide bonds. The maximum absolute atomic E-state index is 12.5. The summed E-state index contributed by atoms with van der Waals surface area (Å²) in [5.41, 5.74) is 11.3. The number of nitrogens with zero attached hydrogens (tertiary/aromatic N) is 3. The van der Waals surface area contributed by atoms with Crippen molar-refractivity contribution in [2.75, 3.05) is 16.8 Å². The van der Waals surface area contributed by atoms with E-state index < -0.39 is 11.7 Å². The molecule has 0 fully saturated rings. The standard InChI is InChI=1S/C12H9F3N6S/c13-12(14,15)5-1-3-6(4-2-5)18-11-19-7-8(16)20-10(17)21-9(7)22-11/h1-4H,(H,18,19)(H4,16,17,20,21). The average Bonchev–Trinajstić information content (AvgIpc) is 2.81. The van der Waals surface area contributed by atoms with Gasteiger partial charge in [0.25, 0.3) is 0 Å². The lowest BCUT2D eigenvalue weighted by Gasteiger charge is -2.07. The minimum atomic E-state index is -4.37. The first kappa shape index (κ1) is 14.3. The maximum Gasteiger partial charge on any atom is 0.416 e. The van der Waals surface area contributed by atoms with Gasteiger partial charge in [0.05, 0.1) is 5.56 Å². The van der Waals surface area contributed by atoms with E-state index in [1.807, 2.05) is 0 Å². The minimum absolute atomic E-state index is 0.0368. The van der Waals surface area contributed by atoms with Crippen molar-refractivity contribution < 1.29 is 13.2 Å². The topological polar surface area (TPSA) is 103 Å². The summed E-state index contributed by atoms with van der Waals surface area (Å²) in [5, 5.41) is 3.33. The van der Waals surface area contributed by atoms with Crippen molar-refractivity contribution in [3.8, 4) is 0 Å². The highest BCUT2D eigenvalue weighted by Gasteiger charge is 2.29. The lowest BCUT2D eigenvalue weighted by atomic mass is 10.2. The van der Waals surface area contributed by atoms with Gasteiger partial charge in [-0.05, 0) is 24.3 Å². The Bertz CT molecular complexity index is 827. The third kappa shape index (κ3) is 2.72. The van der Waals surface area contributed by atoms with Crippen LogP contribution in [-0.4, -0.2) is 15.0 Å². The molecule has 0 atom stereocenters. The van der Waals surface area contributed by atoms with Crippen molar-refractivity contribution in [2.24, 2.45) is 0 Å². The Hall–Kier alpha value is -2.62. The van der Waals surface area contributed by atoms with Gasteiger partial charge in [-0.1, -0.05) is 11.3 Å². The zero-order valence-corrected chi connectivity index (χ0v) is 11.7. The summed E-state index contributed by atoms with van der Waals surface area (Å²) in [5.74, 6) is 0.189. The highest BCUT2D eigenvalue weighted by atomic mass is 32.1. The first-order valence-corrected chi connectivity index (χ1v) is 6.78. The molecule has 2 heterocycles. The van der Waals surface area contributed by atoms with Crippen molar-refractivity contribution in [2.45, 2.75) is 6.18 Å². The lowest BCUT2D eigenvalue weighted by molar-refractivity contribution is -0.137. The molecule has 22 heavy (non-hydrogen) atoms. The summed E-state index contributed by atoms with van der Waals surface area (Å²) < 4.78 is 37.5. The molecule has 0 bridgehead atoms. The Kier molecular flexibility index (Phi) is 3.24. The van der Waals surface area contributed by atoms with E-state index in [0.717, 1.165) is 12.1 Å². The van der Waals surface area contributed by atoms with Crippen LogP contribution < -0.4 is 16.8 Å². The van der Waals surface area contributed by atoms with E-state index in [-0.39, 0.29) is 11.8 Å². The number of hydrogen-bond acceptors (Lipinski definition) is 7. The number of nitrogens with one attached hydrogen (secondary N) is 1. The summed E-state index contributed by atoms with van der Waals surface area (Å²) in [6.07, 6.45) is -4.37. The molecule has 0 aliphatic heterocycles. The van der Waals surface area contributed by atoms with Crippen molar-refractivity contribution >= 4 is 44.3 Å². The lowest BCUT2D eigenvalue weighted by Crippen LogP contribution is -2.04. The third-order valence-electron chi connectivity index (χ3n) is 2.77. The van der Waals surface area contributed by atoms with Crippen LogP contribution in [0.5, 0.6) is 0 Å². The van der Waals surface area contributed by atoms with Gasteiger partial charge in [-0.15, -0.1) is 0 Å². The Morgan fingerprint density at radius 1 is 1.00 bits per heavy atom. The van der Waals surface area contributed by atoms with Crippen LogP contribution in [-0.2, 0) is 6.18 Å². The normalized spacial score (nSPS) is 11.8. The quantitative estimate of drug-likeness (QED) is 0.669. The highest BCUT2D eigenvalue weighted by molar-refractivity contribution is 7.21. The number of fused-ring (bicyclic) bond motifs is 1. The summed E-state index contributed by atoms with van der Waals surface area (Å²) in [6, 6.07) is 4.61. The zero-order chi connectivity index (χ0) is 15.9. The van der Waals surface area contributed by atoms with Crippen LogP contribution in [0.25, 0.3) is 10.3 Å². The van der Waals surface area contributed by atoms with Gasteiger partial charge in [0.15, 0.2) is 15.8 Å². The second-order valence-electron chi connectivity index (χ2n) is 4.34. The fourth-order valence-electron chi connectivity index (χ4n) is 1.78. The Morgan fingerprint density at radius 3 is 2.32 bits per heavy atom. The molecule has 10 heteroatoms. The Labute approximate surface area is 126 Å². The second-order valence-corrected chi connectivity index (χ2v) is 5.32. The molecule has 0 saturated heterocycles. The van der Waals surface area contributed by atoms with Crippen LogP contribution in [0.15, 0.2) is 24.3 Å². The molecule has 5 N–H and O–H groups in total. The highest BCUT2D eigenvalue weighted by Crippen LogP contribution is 2.32. The Balaban J connectivity index is 1.88. The minimum Gasteiger partial charge on any atom is -0.382 e. The molecule has 6 nitrogen and oxygen atoms in total. The summed E-state index contributed by atoms with van der Waals surface area (Å²) >= 11 is 1.17. The molecule has 2 aromatic heterocycles. The molecule has 3 rings (SSSR count). The van der Waals surface area contributed by atoms with Crippen LogP contribution in [0.2, 0.25) is 0 Å². The molecule has 1 aromatic carbocycles. The van der Waals surface area contributed by atoms with E-state index >= 15 is 0 Å². The fourth-order valence-corrected chi connectivity index (χ4v) is 2.65. The van der Waals surface area contributed by atoms with Gasteiger partial charge in [0.1, 0.15) is 5.52 Å². The van der Waals surface area contributed by atoms with E-state index in [1.165, 1.54) is 23.5 Å². The van der Waals surface area contributed by atoms with E-state index in [1.54, 1.807) is 0 Å². The van der Waals surface area contributed by atoms with Gasteiger partial charge >= 0.3 is 6.18 Å². The van der Waals surface area contributed by atoms with Crippen LogP contribution in [0.1, 0.15) is 5.56 Å². The van der Waals surface area contributed by atoms with E-state index in [9.17, 15) is 13.2 Å². The van der Waals surface area contributed by atoms with Crippen molar-refractivity contribution in [3.05, 3.63) is 29.8 Å². The molecule has 0 spiro atoms. The number of aromatic nitrogens is 3. The number of nitrogen functional groups attached to an aromatic ring is 2. The molecular weight excluding hydrogens is 317 g/mol. The van der Waals surface area contributed by atoms with Gasteiger partial charge < -0.3 is 16.8 Å². The monoisotopic (exact) mass is 326 g/mol. The van der Waals surface area contributed by atoms with Gasteiger partial charge in [-0.25, -0.2) is 9.97 Å². The number of alkyl halides is 3. The van der Waals surface area contributed by atoms with Gasteiger partial charge in [0, 0.05) is 5.69 Å². The SMILES string of the molecule is Nc1nc(N)c2nc(Nc3ccc(C(F)(F)F)cc3)sc2n1. The molecule has 0 unspecified atom stereocenters. The molecule has 0 aliphatic rings. The molecular formula is C12H9F3N6S. The number of anilines is 4. The number of halogens is 3. The smallest absolute Gasteiger partial charge is 0.382 e. The zero-order valence-electron chi connectivity index (χ0n) is 10.8. The van der Waals surface area contributed by atoms with E-state index in [0.29, 0.717) is 21.2 Å². The molecule has 3 aromatic rings. The van der Waals surface area contributed by atoms with Gasteiger partial charge in [-0.3, -0.25) is 0 Å². The molecule has 0 radical (unpaired) electrons. The van der Waals surface area contributed by atoms with E-state index in [4.69, 9.17) is 11.5 Å². The average molecular weight is 326 g/mol. The summed E-state index contributed by atoms with van der Waals surface area (Å²) in [4.78, 5) is 12.5. The number of nitrogens with two attached hydrogens (primary N) is 2. The van der Waals surface area contributed by atoms with Crippen molar-refractivity contribution in [1.29, 1.82) is 0 Å². The van der Waals surface area contributed by atoms with Gasteiger partial charge in [0.2, 0.25) is 5.95 Å². The molecule has 0 aliphatic carbocycles. The van der Waals surface area contributed by atoms with Crippen molar-refractivity contribution in [3.63, 3.8) is 0 Å². The number of rotatable bonds is 2. The van der Waals surface area contributed by atoms with Crippen LogP contribution in [0, 0.1) is 0 Å². The summed E-state index contributed by atoms with van der Waals surface area (Å²) in [6.45, 7) is 0. The fraction of sp³-hybridized carbons (Fsp3) is 0.0833. The molecule has 0 saturated carbocycles. The largest absolute Gasteiger partial charge is 0.416 e. The van der Waals surface area contributed by atoms with Gasteiger partial charge in [-0.2, -0.15) is 18.2 Å². The number of benzene rings is 1. The van der Waals surface area contributed by atoms with Crippen molar-refractivity contribution in [1.82, 2.24) is 15.0 Å². The van der Waals surface area contributed by atoms with Crippen LogP contribution >= 0.6 is 11.3 Å². The predicted octanol–water partition coefficient (Wildman–Crippen LogP) is 3.01. The van der Waals surface area contributed by atoms with E-state index in [2.05, 4.69) is 20.3 Å². The second kappa shape index (κ2) is 4.98. The van der Waals surface area contributed by atoms with Crippen LogP contribution in [0.4, 0.5) is 35.8 Å². The predicted molar refractivity (Wildman–Crippen MR) is 78.8 cm³/mol. The molecule has 114 valence electrons. The third-order valence-corrected chi connectivity index (χ3v) is 3.63. The first-order chi connectivity index (χ1) is 10.3. The number of hydrogen-bond donors (Lipinski definition) is 3. The Morgan fingerprint density at radius 2 is 1.68 bits per heavy atom.